The maximum absolute atomic E-state index is 6.00. The van der Waals surface area contributed by atoms with Crippen LogP contribution in [0.15, 0.2) is 4.52 Å². The second kappa shape index (κ2) is 2.35. The smallest absolute Gasteiger partial charge is 0.137 e. The van der Waals surface area contributed by atoms with Crippen LogP contribution in [0.1, 0.15) is 36.8 Å². The number of hydrogen-bond donors (Lipinski definition) is 1. The van der Waals surface area contributed by atoms with E-state index in [1.165, 1.54) is 5.56 Å². The Balaban J connectivity index is 2.39. The van der Waals surface area contributed by atoms with Crippen molar-refractivity contribution in [3.05, 3.63) is 17.0 Å². The van der Waals surface area contributed by atoms with Crippen LogP contribution in [-0.2, 0) is 0 Å². The lowest BCUT2D eigenvalue weighted by Crippen LogP contribution is -2.06. The minimum atomic E-state index is 0.209. The summed E-state index contributed by atoms with van der Waals surface area (Å²) in [7, 11) is 0. The third-order valence-corrected chi connectivity index (χ3v) is 3.31. The number of aryl methyl sites for hydroxylation is 2. The van der Waals surface area contributed by atoms with Crippen molar-refractivity contribution >= 4 is 0 Å². The van der Waals surface area contributed by atoms with Crippen LogP contribution in [0.5, 0.6) is 0 Å². The van der Waals surface area contributed by atoms with Crippen molar-refractivity contribution < 1.29 is 4.52 Å². The van der Waals surface area contributed by atoms with Gasteiger partial charge in [0, 0.05) is 17.5 Å². The molecule has 1 aromatic rings. The summed E-state index contributed by atoms with van der Waals surface area (Å²) < 4.78 is 5.13. The van der Waals surface area contributed by atoms with Gasteiger partial charge in [0.25, 0.3) is 0 Å². The van der Waals surface area contributed by atoms with Gasteiger partial charge < -0.3 is 10.3 Å². The summed E-state index contributed by atoms with van der Waals surface area (Å²) in [5.74, 6) is 1.35. The standard InChI is InChI=1S/C10H16N2O/c1-5-7(6(2)13-12-5)8-9(11)10(8,3)4/h8-9H,11H2,1-4H3/t8-,9-/m1/s1. The molecule has 0 saturated heterocycles. The summed E-state index contributed by atoms with van der Waals surface area (Å²) in [6.45, 7) is 8.31. The van der Waals surface area contributed by atoms with Crippen molar-refractivity contribution in [2.75, 3.05) is 0 Å². The van der Waals surface area contributed by atoms with Crippen molar-refractivity contribution in [3.8, 4) is 0 Å². The molecule has 3 heteroatoms. The lowest BCUT2D eigenvalue weighted by Gasteiger charge is -2.00. The van der Waals surface area contributed by atoms with Crippen LogP contribution in [0.25, 0.3) is 0 Å². The quantitative estimate of drug-likeness (QED) is 0.716. The van der Waals surface area contributed by atoms with Crippen molar-refractivity contribution in [2.24, 2.45) is 11.1 Å². The van der Waals surface area contributed by atoms with Gasteiger partial charge in [0.1, 0.15) is 5.76 Å². The van der Waals surface area contributed by atoms with Gasteiger partial charge in [-0.3, -0.25) is 0 Å². The second-order valence-electron chi connectivity index (χ2n) is 4.56. The first-order chi connectivity index (χ1) is 5.96. The molecule has 0 spiro atoms. The third kappa shape index (κ3) is 1.03. The van der Waals surface area contributed by atoms with Crippen LogP contribution in [0.4, 0.5) is 0 Å². The van der Waals surface area contributed by atoms with E-state index in [-0.39, 0.29) is 11.5 Å². The molecule has 0 amide bonds. The molecule has 0 aliphatic heterocycles. The second-order valence-corrected chi connectivity index (χ2v) is 4.56. The molecule has 72 valence electrons. The topological polar surface area (TPSA) is 52.0 Å². The van der Waals surface area contributed by atoms with Gasteiger partial charge in [-0.05, 0) is 19.3 Å². The molecular weight excluding hydrogens is 164 g/mol. The minimum Gasteiger partial charge on any atom is -0.361 e. The number of nitrogens with two attached hydrogens (primary N) is 1. The normalized spacial score (nSPS) is 30.5. The van der Waals surface area contributed by atoms with Gasteiger partial charge in [0.15, 0.2) is 0 Å². The number of aromatic nitrogens is 1. The summed E-state index contributed by atoms with van der Waals surface area (Å²) in [4.78, 5) is 0. The molecule has 1 aliphatic rings. The molecule has 1 heterocycles. The highest BCUT2D eigenvalue weighted by Crippen LogP contribution is 2.58. The summed E-state index contributed by atoms with van der Waals surface area (Å²) in [5.41, 5.74) is 8.42. The predicted octanol–water partition coefficient (Wildman–Crippen LogP) is 1.74. The first-order valence-electron chi connectivity index (χ1n) is 4.64. The van der Waals surface area contributed by atoms with Gasteiger partial charge >= 0.3 is 0 Å². The maximum Gasteiger partial charge on any atom is 0.137 e. The molecule has 1 fully saturated rings. The van der Waals surface area contributed by atoms with Crippen molar-refractivity contribution in [3.63, 3.8) is 0 Å². The molecule has 3 nitrogen and oxygen atoms in total. The molecule has 2 atom stereocenters. The Morgan fingerprint density at radius 3 is 2.23 bits per heavy atom. The monoisotopic (exact) mass is 180 g/mol. The Morgan fingerprint density at radius 1 is 1.38 bits per heavy atom. The summed E-state index contributed by atoms with van der Waals surface area (Å²) >= 11 is 0. The fourth-order valence-electron chi connectivity index (χ4n) is 2.16. The zero-order valence-corrected chi connectivity index (χ0v) is 8.59. The first-order valence-corrected chi connectivity index (χ1v) is 4.64. The SMILES string of the molecule is Cc1noc(C)c1[C@@H]1[C@@H](N)C1(C)C. The average molecular weight is 180 g/mol. The van der Waals surface area contributed by atoms with Gasteiger partial charge in [-0.25, -0.2) is 0 Å². The Morgan fingerprint density at radius 2 is 1.92 bits per heavy atom. The Bertz CT molecular complexity index is 321. The highest BCUT2D eigenvalue weighted by molar-refractivity contribution is 5.38. The Hall–Kier alpha value is -0.830. The van der Waals surface area contributed by atoms with E-state index < -0.39 is 0 Å². The molecule has 1 aliphatic carbocycles. The number of hydrogen-bond acceptors (Lipinski definition) is 3. The zero-order valence-electron chi connectivity index (χ0n) is 8.59. The molecular formula is C10H16N2O. The van der Waals surface area contributed by atoms with Crippen LogP contribution in [-0.4, -0.2) is 11.2 Å². The molecule has 2 N–H and O–H groups in total. The number of nitrogens with zero attached hydrogens (tertiary/aromatic N) is 1. The van der Waals surface area contributed by atoms with Crippen LogP contribution < -0.4 is 5.73 Å². The minimum absolute atomic E-state index is 0.209. The summed E-state index contributed by atoms with van der Waals surface area (Å²) in [6, 6.07) is 0.254. The van der Waals surface area contributed by atoms with Crippen molar-refractivity contribution in [1.82, 2.24) is 5.16 Å². The van der Waals surface area contributed by atoms with Crippen LogP contribution in [0.2, 0.25) is 0 Å². The molecule has 0 bridgehead atoms. The Labute approximate surface area is 78.3 Å². The zero-order chi connectivity index (χ0) is 9.80. The highest BCUT2D eigenvalue weighted by atomic mass is 16.5. The van der Waals surface area contributed by atoms with E-state index in [9.17, 15) is 0 Å². The highest BCUT2D eigenvalue weighted by Gasteiger charge is 2.57. The molecule has 1 saturated carbocycles. The first kappa shape index (κ1) is 8.75. The van der Waals surface area contributed by atoms with Crippen molar-refractivity contribution in [1.29, 1.82) is 0 Å². The molecule has 0 aromatic carbocycles. The maximum atomic E-state index is 6.00. The molecule has 13 heavy (non-hydrogen) atoms. The average Bonchev–Trinajstić information content (AvgIpc) is 2.40. The van der Waals surface area contributed by atoms with Gasteiger partial charge in [-0.2, -0.15) is 0 Å². The van der Waals surface area contributed by atoms with E-state index in [2.05, 4.69) is 19.0 Å². The molecule has 1 aromatic heterocycles. The fourth-order valence-corrected chi connectivity index (χ4v) is 2.16. The Kier molecular flexibility index (Phi) is 1.58. The molecule has 0 unspecified atom stereocenters. The predicted molar refractivity (Wildman–Crippen MR) is 50.5 cm³/mol. The van der Waals surface area contributed by atoms with E-state index in [1.54, 1.807) is 0 Å². The largest absolute Gasteiger partial charge is 0.361 e. The van der Waals surface area contributed by atoms with Crippen LogP contribution >= 0.6 is 0 Å². The van der Waals surface area contributed by atoms with Gasteiger partial charge in [0.2, 0.25) is 0 Å². The van der Waals surface area contributed by atoms with Gasteiger partial charge in [0.05, 0.1) is 5.69 Å². The lowest BCUT2D eigenvalue weighted by molar-refractivity contribution is 0.392. The van der Waals surface area contributed by atoms with E-state index in [0.717, 1.165) is 11.5 Å². The molecule has 0 radical (unpaired) electrons. The van der Waals surface area contributed by atoms with Crippen molar-refractivity contribution in [2.45, 2.75) is 39.7 Å². The summed E-state index contributed by atoms with van der Waals surface area (Å²) in [6.07, 6.45) is 0. The summed E-state index contributed by atoms with van der Waals surface area (Å²) in [5, 5.41) is 3.95. The number of rotatable bonds is 1. The van der Waals surface area contributed by atoms with Crippen LogP contribution in [0.3, 0.4) is 0 Å². The van der Waals surface area contributed by atoms with E-state index in [0.29, 0.717) is 5.92 Å². The van der Waals surface area contributed by atoms with E-state index in [1.807, 2.05) is 13.8 Å². The molecule has 2 rings (SSSR count). The van der Waals surface area contributed by atoms with Gasteiger partial charge in [-0.1, -0.05) is 19.0 Å². The van der Waals surface area contributed by atoms with Crippen LogP contribution in [0, 0.1) is 19.3 Å². The third-order valence-electron chi connectivity index (χ3n) is 3.31. The lowest BCUT2D eigenvalue weighted by atomic mass is 10.0. The van der Waals surface area contributed by atoms with Gasteiger partial charge in [-0.15, -0.1) is 0 Å². The van der Waals surface area contributed by atoms with E-state index >= 15 is 0 Å². The van der Waals surface area contributed by atoms with E-state index in [4.69, 9.17) is 10.3 Å². The fraction of sp³-hybridized carbons (Fsp3) is 0.700.